The Labute approximate surface area is 119 Å². The van der Waals surface area contributed by atoms with Gasteiger partial charge >= 0.3 is 5.97 Å². The number of anilines is 2. The molecule has 20 heavy (non-hydrogen) atoms. The number of methoxy groups -OCH3 is 1. The van der Waals surface area contributed by atoms with Gasteiger partial charge in [0.2, 0.25) is 0 Å². The second-order valence-electron chi connectivity index (χ2n) is 5.03. The van der Waals surface area contributed by atoms with Gasteiger partial charge in [0.25, 0.3) is 0 Å². The number of benzene rings is 1. The number of rotatable bonds is 5. The van der Waals surface area contributed by atoms with Crippen LogP contribution in [-0.4, -0.2) is 31.8 Å². The Morgan fingerprint density at radius 2 is 2.25 bits per heavy atom. The van der Waals surface area contributed by atoms with E-state index in [-0.39, 0.29) is 5.97 Å². The minimum absolute atomic E-state index is 0.307. The van der Waals surface area contributed by atoms with Crippen molar-refractivity contribution in [3.63, 3.8) is 0 Å². The van der Waals surface area contributed by atoms with Gasteiger partial charge in [0.1, 0.15) is 0 Å². The van der Waals surface area contributed by atoms with Crippen molar-refractivity contribution >= 4 is 17.3 Å². The molecule has 0 saturated heterocycles. The molecule has 1 aromatic rings. The van der Waals surface area contributed by atoms with Crippen LogP contribution in [0.5, 0.6) is 0 Å². The first-order valence-electron chi connectivity index (χ1n) is 7.00. The molecule has 1 aliphatic carbocycles. The Bertz CT molecular complexity index is 476. The van der Waals surface area contributed by atoms with E-state index < -0.39 is 0 Å². The van der Waals surface area contributed by atoms with E-state index in [4.69, 9.17) is 15.2 Å². The molecule has 0 aromatic heterocycles. The van der Waals surface area contributed by atoms with E-state index in [0.29, 0.717) is 30.0 Å². The molecule has 2 atom stereocenters. The quantitative estimate of drug-likeness (QED) is 0.639. The van der Waals surface area contributed by atoms with E-state index in [1.165, 1.54) is 0 Å². The Morgan fingerprint density at radius 1 is 1.45 bits per heavy atom. The second kappa shape index (κ2) is 6.61. The van der Waals surface area contributed by atoms with E-state index in [1.54, 1.807) is 32.2 Å². The lowest BCUT2D eigenvalue weighted by atomic mass is 10.1. The predicted molar refractivity (Wildman–Crippen MR) is 78.9 cm³/mol. The molecule has 1 aliphatic rings. The molecule has 0 spiro atoms. The van der Waals surface area contributed by atoms with Crippen LogP contribution in [0.2, 0.25) is 0 Å². The molecule has 2 rings (SSSR count). The molecule has 1 aromatic carbocycles. The summed E-state index contributed by atoms with van der Waals surface area (Å²) in [4.78, 5) is 11.7. The van der Waals surface area contributed by atoms with Crippen LogP contribution in [0.15, 0.2) is 18.2 Å². The first kappa shape index (κ1) is 14.7. The van der Waals surface area contributed by atoms with E-state index in [1.807, 2.05) is 0 Å². The van der Waals surface area contributed by atoms with Gasteiger partial charge in [0.05, 0.1) is 29.6 Å². The lowest BCUT2D eigenvalue weighted by Crippen LogP contribution is -2.18. The van der Waals surface area contributed by atoms with Crippen molar-refractivity contribution in [1.29, 1.82) is 0 Å². The van der Waals surface area contributed by atoms with E-state index in [0.717, 1.165) is 24.9 Å². The number of carbonyl (C=O) groups excluding carboxylic acids is 1. The summed E-state index contributed by atoms with van der Waals surface area (Å²) in [6.07, 6.45) is 3.36. The van der Waals surface area contributed by atoms with Crippen molar-refractivity contribution in [2.75, 3.05) is 24.8 Å². The van der Waals surface area contributed by atoms with Gasteiger partial charge in [-0.1, -0.05) is 0 Å². The van der Waals surface area contributed by atoms with E-state index in [9.17, 15) is 4.79 Å². The summed E-state index contributed by atoms with van der Waals surface area (Å²) in [7, 11) is 1.74. The van der Waals surface area contributed by atoms with Crippen molar-refractivity contribution in [1.82, 2.24) is 0 Å². The maximum Gasteiger partial charge on any atom is 0.338 e. The van der Waals surface area contributed by atoms with Gasteiger partial charge in [-0.05, 0) is 44.4 Å². The van der Waals surface area contributed by atoms with Gasteiger partial charge in [0.15, 0.2) is 0 Å². The van der Waals surface area contributed by atoms with E-state index >= 15 is 0 Å². The molecule has 0 heterocycles. The van der Waals surface area contributed by atoms with Gasteiger partial charge < -0.3 is 20.5 Å². The molecule has 0 amide bonds. The van der Waals surface area contributed by atoms with Crippen molar-refractivity contribution in [2.45, 2.75) is 38.3 Å². The highest BCUT2D eigenvalue weighted by molar-refractivity contribution is 5.92. The number of hydrogen-bond acceptors (Lipinski definition) is 5. The third-order valence-corrected chi connectivity index (χ3v) is 3.64. The topological polar surface area (TPSA) is 73.6 Å². The highest BCUT2D eigenvalue weighted by atomic mass is 16.5. The minimum atomic E-state index is -0.322. The molecule has 0 radical (unpaired) electrons. The molecule has 5 nitrogen and oxygen atoms in total. The maximum atomic E-state index is 11.7. The number of nitrogens with one attached hydrogen (secondary N) is 1. The van der Waals surface area contributed by atoms with Crippen LogP contribution >= 0.6 is 0 Å². The van der Waals surface area contributed by atoms with Gasteiger partial charge in [-0.15, -0.1) is 0 Å². The maximum absolute atomic E-state index is 11.7. The average molecular weight is 278 g/mol. The Balaban J connectivity index is 2.07. The van der Waals surface area contributed by atoms with Crippen LogP contribution in [0, 0.1) is 0 Å². The fraction of sp³-hybridized carbons (Fsp3) is 0.533. The molecule has 0 bridgehead atoms. The van der Waals surface area contributed by atoms with Crippen LogP contribution < -0.4 is 11.1 Å². The lowest BCUT2D eigenvalue weighted by Gasteiger charge is -2.17. The van der Waals surface area contributed by atoms with Crippen LogP contribution in [0.3, 0.4) is 0 Å². The largest absolute Gasteiger partial charge is 0.462 e. The number of hydrogen-bond donors (Lipinski definition) is 2. The summed E-state index contributed by atoms with van der Waals surface area (Å²) in [5.41, 5.74) is 7.91. The molecular formula is C15H22N2O3. The Morgan fingerprint density at radius 3 is 2.90 bits per heavy atom. The lowest BCUT2D eigenvalue weighted by molar-refractivity contribution is 0.0526. The fourth-order valence-electron chi connectivity index (χ4n) is 2.53. The smallest absolute Gasteiger partial charge is 0.338 e. The van der Waals surface area contributed by atoms with E-state index in [2.05, 4.69) is 5.32 Å². The Hall–Kier alpha value is -1.75. The number of carbonyl (C=O) groups is 1. The summed E-state index contributed by atoms with van der Waals surface area (Å²) in [5, 5.41) is 3.40. The zero-order chi connectivity index (χ0) is 14.5. The number of nitrogen functional groups attached to an aromatic ring is 1. The third-order valence-electron chi connectivity index (χ3n) is 3.64. The normalized spacial score (nSPS) is 21.7. The monoisotopic (exact) mass is 278 g/mol. The molecule has 3 N–H and O–H groups in total. The van der Waals surface area contributed by atoms with Crippen molar-refractivity contribution in [3.8, 4) is 0 Å². The number of nitrogens with two attached hydrogens (primary N) is 1. The van der Waals surface area contributed by atoms with Gasteiger partial charge in [-0.3, -0.25) is 0 Å². The van der Waals surface area contributed by atoms with Crippen LogP contribution in [-0.2, 0) is 9.47 Å². The minimum Gasteiger partial charge on any atom is -0.462 e. The SMILES string of the molecule is CCOC(=O)c1ccc(N)c(NC2CCC(OC)C2)c1. The van der Waals surface area contributed by atoms with Crippen molar-refractivity contribution < 1.29 is 14.3 Å². The highest BCUT2D eigenvalue weighted by Gasteiger charge is 2.24. The van der Waals surface area contributed by atoms with Crippen LogP contribution in [0.1, 0.15) is 36.5 Å². The highest BCUT2D eigenvalue weighted by Crippen LogP contribution is 2.28. The van der Waals surface area contributed by atoms with Crippen molar-refractivity contribution in [2.24, 2.45) is 0 Å². The predicted octanol–water partition coefficient (Wildman–Crippen LogP) is 2.42. The summed E-state index contributed by atoms with van der Waals surface area (Å²) in [6, 6.07) is 5.51. The first-order valence-corrected chi connectivity index (χ1v) is 7.00. The van der Waals surface area contributed by atoms with Gasteiger partial charge in [-0.2, -0.15) is 0 Å². The first-order chi connectivity index (χ1) is 9.63. The summed E-state index contributed by atoms with van der Waals surface area (Å²) < 4.78 is 10.4. The Kier molecular flexibility index (Phi) is 4.84. The summed E-state index contributed by atoms with van der Waals surface area (Å²) in [6.45, 7) is 2.15. The van der Waals surface area contributed by atoms with Crippen molar-refractivity contribution in [3.05, 3.63) is 23.8 Å². The molecule has 110 valence electrons. The average Bonchev–Trinajstić information content (AvgIpc) is 2.89. The fourth-order valence-corrected chi connectivity index (χ4v) is 2.53. The third kappa shape index (κ3) is 3.42. The van der Waals surface area contributed by atoms with Crippen LogP contribution in [0.25, 0.3) is 0 Å². The molecule has 1 saturated carbocycles. The summed E-state index contributed by atoms with van der Waals surface area (Å²) in [5.74, 6) is -0.322. The molecule has 0 aliphatic heterocycles. The summed E-state index contributed by atoms with van der Waals surface area (Å²) >= 11 is 0. The number of esters is 1. The zero-order valence-electron chi connectivity index (χ0n) is 12.0. The van der Waals surface area contributed by atoms with Gasteiger partial charge in [-0.25, -0.2) is 4.79 Å². The molecule has 5 heteroatoms. The number of ether oxygens (including phenoxy) is 2. The molecule has 1 fully saturated rings. The molecular weight excluding hydrogens is 256 g/mol. The molecule has 2 unspecified atom stereocenters. The second-order valence-corrected chi connectivity index (χ2v) is 5.03. The van der Waals surface area contributed by atoms with Gasteiger partial charge in [0, 0.05) is 13.2 Å². The standard InChI is InChI=1S/C15H22N2O3/c1-3-20-15(18)10-4-7-13(16)14(8-10)17-11-5-6-12(9-11)19-2/h4,7-8,11-12,17H,3,5-6,9,16H2,1-2H3. The zero-order valence-corrected chi connectivity index (χ0v) is 12.0. The van der Waals surface area contributed by atoms with Crippen LogP contribution in [0.4, 0.5) is 11.4 Å².